The molecule has 1 nitrogen and oxygen atoms in total. The van der Waals surface area contributed by atoms with Crippen LogP contribution >= 0.6 is 15.9 Å². The van der Waals surface area contributed by atoms with Crippen LogP contribution in [0.3, 0.4) is 0 Å². The van der Waals surface area contributed by atoms with E-state index in [0.717, 1.165) is 11.9 Å². The fraction of sp³-hybridized carbons (Fsp3) is 1.00. The Labute approximate surface area is 84.0 Å². The van der Waals surface area contributed by atoms with Gasteiger partial charge in [-0.2, -0.15) is 0 Å². The predicted molar refractivity (Wildman–Crippen MR) is 55.8 cm³/mol. The zero-order valence-electron chi connectivity index (χ0n) is 8.11. The van der Waals surface area contributed by atoms with Crippen LogP contribution in [0.15, 0.2) is 0 Å². The molecule has 0 aromatic carbocycles. The van der Waals surface area contributed by atoms with E-state index in [1.807, 2.05) is 0 Å². The first kappa shape index (κ1) is 10.5. The zero-order valence-corrected chi connectivity index (χ0v) is 9.69. The second-order valence-corrected chi connectivity index (χ2v) is 4.70. The molecule has 0 aliphatic carbocycles. The fourth-order valence-corrected chi connectivity index (χ4v) is 2.27. The minimum absolute atomic E-state index is 0.439. The molecule has 0 amide bonds. The molecular formula is C10H19BrO. The van der Waals surface area contributed by atoms with Gasteiger partial charge in [0, 0.05) is 11.9 Å². The van der Waals surface area contributed by atoms with Crippen LogP contribution in [0.2, 0.25) is 0 Å². The summed E-state index contributed by atoms with van der Waals surface area (Å²) < 4.78 is 5.63. The minimum atomic E-state index is 0.439. The lowest BCUT2D eigenvalue weighted by atomic mass is 9.83. The maximum atomic E-state index is 5.63. The molecule has 12 heavy (non-hydrogen) atoms. The molecule has 0 N–H and O–H groups in total. The molecule has 1 saturated heterocycles. The van der Waals surface area contributed by atoms with E-state index in [2.05, 4.69) is 29.8 Å². The van der Waals surface area contributed by atoms with Gasteiger partial charge < -0.3 is 4.74 Å². The van der Waals surface area contributed by atoms with Gasteiger partial charge in [-0.25, -0.2) is 0 Å². The molecule has 72 valence electrons. The van der Waals surface area contributed by atoms with Crippen LogP contribution in [0.25, 0.3) is 0 Å². The van der Waals surface area contributed by atoms with Crippen molar-refractivity contribution in [3.8, 4) is 0 Å². The van der Waals surface area contributed by atoms with Gasteiger partial charge in [-0.15, -0.1) is 0 Å². The lowest BCUT2D eigenvalue weighted by molar-refractivity contribution is 0.0720. The molecule has 0 aromatic heterocycles. The summed E-state index contributed by atoms with van der Waals surface area (Å²) in [6, 6.07) is 0. The molecule has 2 heteroatoms. The number of hydrogen-bond acceptors (Lipinski definition) is 1. The molecule has 1 fully saturated rings. The summed E-state index contributed by atoms with van der Waals surface area (Å²) in [6.07, 6.45) is 5.51. The summed E-state index contributed by atoms with van der Waals surface area (Å²) in [7, 11) is 0. The summed E-state index contributed by atoms with van der Waals surface area (Å²) >= 11 is 3.58. The molecular weight excluding hydrogens is 216 g/mol. The number of hydrogen-bond donors (Lipinski definition) is 0. The zero-order chi connectivity index (χ0) is 9.03. The molecule has 1 aliphatic heterocycles. The first-order chi connectivity index (χ1) is 5.70. The molecule has 1 rings (SSSR count). The van der Waals surface area contributed by atoms with Crippen molar-refractivity contribution >= 4 is 15.9 Å². The van der Waals surface area contributed by atoms with E-state index in [0.29, 0.717) is 11.5 Å². The topological polar surface area (TPSA) is 9.23 Å². The van der Waals surface area contributed by atoms with Crippen molar-refractivity contribution in [2.24, 2.45) is 5.41 Å². The van der Waals surface area contributed by atoms with Gasteiger partial charge in [-0.1, -0.05) is 29.8 Å². The van der Waals surface area contributed by atoms with Crippen molar-refractivity contribution in [2.75, 3.05) is 11.9 Å². The Morgan fingerprint density at radius 3 is 2.75 bits per heavy atom. The van der Waals surface area contributed by atoms with Crippen LogP contribution in [0, 0.1) is 5.41 Å². The molecule has 0 radical (unpaired) electrons. The standard InChI is InChI=1S/C10H19BrO/c1-3-10(2,8-11)7-9-5-4-6-12-9/h9H,3-8H2,1-2H3/t9-,10?/m0/s1. The van der Waals surface area contributed by atoms with Gasteiger partial charge in [0.15, 0.2) is 0 Å². The van der Waals surface area contributed by atoms with E-state index in [1.165, 1.54) is 25.7 Å². The Hall–Kier alpha value is 0.440. The third-order valence-corrected chi connectivity index (χ3v) is 4.27. The van der Waals surface area contributed by atoms with Crippen molar-refractivity contribution < 1.29 is 4.74 Å². The molecule has 0 aromatic rings. The van der Waals surface area contributed by atoms with E-state index in [9.17, 15) is 0 Å². The number of alkyl halides is 1. The van der Waals surface area contributed by atoms with Gasteiger partial charge in [-0.3, -0.25) is 0 Å². The SMILES string of the molecule is CCC(C)(CBr)C[C@@H]1CCCO1. The fourth-order valence-electron chi connectivity index (χ4n) is 1.65. The number of ether oxygens (including phenoxy) is 1. The van der Waals surface area contributed by atoms with E-state index in [1.54, 1.807) is 0 Å². The predicted octanol–water partition coefficient (Wildman–Crippen LogP) is 3.37. The van der Waals surface area contributed by atoms with E-state index >= 15 is 0 Å². The number of halogens is 1. The summed E-state index contributed by atoms with van der Waals surface area (Å²) in [5.74, 6) is 0. The van der Waals surface area contributed by atoms with Gasteiger partial charge in [0.25, 0.3) is 0 Å². The van der Waals surface area contributed by atoms with Crippen molar-refractivity contribution in [1.29, 1.82) is 0 Å². The van der Waals surface area contributed by atoms with Gasteiger partial charge >= 0.3 is 0 Å². The molecule has 1 heterocycles. The largest absolute Gasteiger partial charge is 0.378 e. The summed E-state index contributed by atoms with van der Waals surface area (Å²) in [4.78, 5) is 0. The number of rotatable bonds is 4. The summed E-state index contributed by atoms with van der Waals surface area (Å²) in [6.45, 7) is 5.58. The van der Waals surface area contributed by atoms with E-state index in [-0.39, 0.29) is 0 Å². The lowest BCUT2D eigenvalue weighted by Gasteiger charge is -2.28. The second-order valence-electron chi connectivity index (χ2n) is 4.14. The van der Waals surface area contributed by atoms with Gasteiger partial charge in [0.05, 0.1) is 6.10 Å². The van der Waals surface area contributed by atoms with Crippen LogP contribution in [0.5, 0.6) is 0 Å². The van der Waals surface area contributed by atoms with Crippen molar-refractivity contribution in [1.82, 2.24) is 0 Å². The Morgan fingerprint density at radius 1 is 1.58 bits per heavy atom. The third kappa shape index (κ3) is 2.74. The Morgan fingerprint density at radius 2 is 2.33 bits per heavy atom. The maximum Gasteiger partial charge on any atom is 0.0581 e. The third-order valence-electron chi connectivity index (χ3n) is 2.92. The molecule has 1 unspecified atom stereocenters. The second kappa shape index (κ2) is 4.61. The monoisotopic (exact) mass is 234 g/mol. The summed E-state index contributed by atoms with van der Waals surface area (Å²) in [5.41, 5.74) is 0.439. The van der Waals surface area contributed by atoms with Crippen molar-refractivity contribution in [3.05, 3.63) is 0 Å². The highest BCUT2D eigenvalue weighted by atomic mass is 79.9. The van der Waals surface area contributed by atoms with Crippen molar-refractivity contribution in [3.63, 3.8) is 0 Å². The van der Waals surface area contributed by atoms with Crippen LogP contribution in [-0.4, -0.2) is 18.0 Å². The Bertz CT molecular complexity index is 126. The quantitative estimate of drug-likeness (QED) is 0.679. The highest BCUT2D eigenvalue weighted by Gasteiger charge is 2.27. The minimum Gasteiger partial charge on any atom is -0.378 e. The first-order valence-electron chi connectivity index (χ1n) is 4.88. The highest BCUT2D eigenvalue weighted by Crippen LogP contribution is 2.33. The van der Waals surface area contributed by atoms with Crippen LogP contribution in [0.4, 0.5) is 0 Å². The average Bonchev–Trinajstić information content (AvgIpc) is 2.57. The lowest BCUT2D eigenvalue weighted by Crippen LogP contribution is -2.24. The van der Waals surface area contributed by atoms with Gasteiger partial charge in [0.2, 0.25) is 0 Å². The van der Waals surface area contributed by atoms with Gasteiger partial charge in [0.1, 0.15) is 0 Å². The highest BCUT2D eigenvalue weighted by molar-refractivity contribution is 9.09. The average molecular weight is 235 g/mol. The van der Waals surface area contributed by atoms with Crippen LogP contribution in [-0.2, 0) is 4.74 Å². The summed E-state index contributed by atoms with van der Waals surface area (Å²) in [5, 5.41) is 1.09. The van der Waals surface area contributed by atoms with Crippen LogP contribution < -0.4 is 0 Å². The molecule has 0 saturated carbocycles. The van der Waals surface area contributed by atoms with Crippen LogP contribution in [0.1, 0.15) is 39.5 Å². The molecule has 0 spiro atoms. The molecule has 2 atom stereocenters. The Balaban J connectivity index is 2.35. The van der Waals surface area contributed by atoms with E-state index < -0.39 is 0 Å². The molecule has 0 bridgehead atoms. The first-order valence-corrected chi connectivity index (χ1v) is 6.00. The molecule has 1 aliphatic rings. The normalized spacial score (nSPS) is 28.8. The van der Waals surface area contributed by atoms with E-state index in [4.69, 9.17) is 4.74 Å². The maximum absolute atomic E-state index is 5.63. The van der Waals surface area contributed by atoms with Gasteiger partial charge in [-0.05, 0) is 31.1 Å². The Kier molecular flexibility index (Phi) is 4.04. The van der Waals surface area contributed by atoms with Crippen molar-refractivity contribution in [2.45, 2.75) is 45.6 Å². The smallest absolute Gasteiger partial charge is 0.0581 e.